The van der Waals surface area contributed by atoms with Crippen LogP contribution in [0.25, 0.3) is 0 Å². The van der Waals surface area contributed by atoms with Crippen LogP contribution in [0.3, 0.4) is 0 Å². The van der Waals surface area contributed by atoms with Gasteiger partial charge in [-0.15, -0.1) is 0 Å². The molecule has 0 aliphatic carbocycles. The van der Waals surface area contributed by atoms with Gasteiger partial charge < -0.3 is 0 Å². The lowest BCUT2D eigenvalue weighted by Crippen LogP contribution is -1.86. The normalized spacial score (nSPS) is 8.12. The van der Waals surface area contributed by atoms with Crippen molar-refractivity contribution >= 4 is 6.72 Å². The third-order valence-corrected chi connectivity index (χ3v) is 0.477. The lowest BCUT2D eigenvalue weighted by Gasteiger charge is -1.73. The summed E-state index contributed by atoms with van der Waals surface area (Å²) in [4.78, 5) is 0. The SMILES string of the molecule is C.C=C/C=C\[N+](=C)C. The minimum Gasteiger partial charge on any atom is -0.214 e. The molecule has 0 aromatic heterocycles. The molecule has 46 valence electrons. The van der Waals surface area contributed by atoms with E-state index in [1.807, 2.05) is 19.3 Å². The van der Waals surface area contributed by atoms with Gasteiger partial charge in [0.05, 0.1) is 0 Å². The largest absolute Gasteiger partial charge is 0.214 e. The van der Waals surface area contributed by atoms with Crippen LogP contribution in [0.1, 0.15) is 7.43 Å². The van der Waals surface area contributed by atoms with Crippen molar-refractivity contribution < 1.29 is 4.58 Å². The summed E-state index contributed by atoms with van der Waals surface area (Å²) in [6.45, 7) is 7.07. The zero-order valence-electron chi connectivity index (χ0n) is 4.59. The molecule has 0 fully saturated rings. The summed E-state index contributed by atoms with van der Waals surface area (Å²) < 4.78 is 1.71. The van der Waals surface area contributed by atoms with E-state index in [-0.39, 0.29) is 7.43 Å². The zero-order chi connectivity index (χ0) is 5.70. The number of allylic oxidation sites excluding steroid dienone is 2. The third-order valence-electron chi connectivity index (χ3n) is 0.477. The second-order valence-electron chi connectivity index (χ2n) is 1.33. The highest BCUT2D eigenvalue weighted by Crippen LogP contribution is 1.69. The number of hydrogen-bond donors (Lipinski definition) is 0. The van der Waals surface area contributed by atoms with Crippen LogP contribution >= 0.6 is 0 Å². The van der Waals surface area contributed by atoms with Crippen LogP contribution in [-0.4, -0.2) is 18.3 Å². The Morgan fingerprint density at radius 1 is 1.50 bits per heavy atom. The van der Waals surface area contributed by atoms with Crippen molar-refractivity contribution in [2.75, 3.05) is 7.05 Å². The molecule has 0 saturated carbocycles. The second-order valence-corrected chi connectivity index (χ2v) is 1.33. The molecule has 8 heavy (non-hydrogen) atoms. The zero-order valence-corrected chi connectivity index (χ0v) is 4.59. The Bertz CT molecular complexity index is 101. The highest BCUT2D eigenvalue weighted by molar-refractivity contribution is 5.15. The topological polar surface area (TPSA) is 3.01 Å². The smallest absolute Gasteiger partial charge is 0.167 e. The Hall–Kier alpha value is -0.850. The van der Waals surface area contributed by atoms with Gasteiger partial charge in [0.1, 0.15) is 13.8 Å². The van der Waals surface area contributed by atoms with Crippen molar-refractivity contribution in [2.45, 2.75) is 7.43 Å². The van der Waals surface area contributed by atoms with Crippen molar-refractivity contribution in [3.05, 3.63) is 24.9 Å². The Balaban J connectivity index is 0. The van der Waals surface area contributed by atoms with Gasteiger partial charge in [-0.05, 0) is 0 Å². The summed E-state index contributed by atoms with van der Waals surface area (Å²) in [6.07, 6.45) is 5.36. The number of nitrogens with zero attached hydrogens (tertiary/aromatic N) is 1. The maximum atomic E-state index is 3.57. The highest BCUT2D eigenvalue weighted by Gasteiger charge is 1.70. The van der Waals surface area contributed by atoms with Crippen molar-refractivity contribution in [2.24, 2.45) is 0 Å². The fourth-order valence-electron chi connectivity index (χ4n) is 0.208. The molecular weight excluding hydrogens is 98.1 g/mol. The predicted octanol–water partition coefficient (Wildman–Crippen LogP) is 1.67. The fourth-order valence-corrected chi connectivity index (χ4v) is 0.208. The molecule has 0 unspecified atom stereocenters. The van der Waals surface area contributed by atoms with Crippen molar-refractivity contribution in [3.63, 3.8) is 0 Å². The average molecular weight is 112 g/mol. The van der Waals surface area contributed by atoms with E-state index in [0.29, 0.717) is 0 Å². The lowest BCUT2D eigenvalue weighted by atomic mass is 10.6. The van der Waals surface area contributed by atoms with Gasteiger partial charge in [0.2, 0.25) is 0 Å². The van der Waals surface area contributed by atoms with Crippen molar-refractivity contribution in [1.29, 1.82) is 0 Å². The first-order chi connectivity index (χ1) is 3.27. The molecule has 0 heterocycles. The summed E-state index contributed by atoms with van der Waals surface area (Å²) in [5.74, 6) is 0. The molecule has 0 radical (unpaired) electrons. The van der Waals surface area contributed by atoms with E-state index in [4.69, 9.17) is 0 Å². The first-order valence-corrected chi connectivity index (χ1v) is 2.10. The molecule has 0 saturated heterocycles. The molecule has 0 N–H and O–H groups in total. The fraction of sp³-hybridized carbons (Fsp3) is 0.286. The van der Waals surface area contributed by atoms with Crippen LogP contribution in [0.5, 0.6) is 0 Å². The molecule has 0 aromatic rings. The lowest BCUT2D eigenvalue weighted by molar-refractivity contribution is -0.412. The molecule has 0 rings (SSSR count). The second kappa shape index (κ2) is 6.15. The maximum absolute atomic E-state index is 3.57. The van der Waals surface area contributed by atoms with E-state index in [0.717, 1.165) is 0 Å². The summed E-state index contributed by atoms with van der Waals surface area (Å²) in [5.41, 5.74) is 0. The maximum Gasteiger partial charge on any atom is 0.167 e. The first-order valence-electron chi connectivity index (χ1n) is 2.10. The van der Waals surface area contributed by atoms with Gasteiger partial charge in [-0.3, -0.25) is 0 Å². The molecule has 0 atom stereocenters. The third kappa shape index (κ3) is 8.94. The quantitative estimate of drug-likeness (QED) is 0.290. The highest BCUT2D eigenvalue weighted by atomic mass is 14.9. The van der Waals surface area contributed by atoms with Crippen molar-refractivity contribution in [1.82, 2.24) is 0 Å². The van der Waals surface area contributed by atoms with Crippen LogP contribution in [0.4, 0.5) is 0 Å². The van der Waals surface area contributed by atoms with E-state index in [2.05, 4.69) is 13.3 Å². The molecule has 1 heteroatoms. The Morgan fingerprint density at radius 2 is 2.00 bits per heavy atom. The molecule has 0 aliphatic heterocycles. The van der Waals surface area contributed by atoms with E-state index < -0.39 is 0 Å². The standard InChI is InChI=1S/C6H10N.CH4/c1-4-5-6-7(2)3;/h4-6H,1-2H2,3H3;1H4/q+1;/b6-5-;. The Labute approximate surface area is 51.7 Å². The Morgan fingerprint density at radius 3 is 2.12 bits per heavy atom. The monoisotopic (exact) mass is 112 g/mol. The van der Waals surface area contributed by atoms with Gasteiger partial charge >= 0.3 is 0 Å². The Kier molecular flexibility index (Phi) is 7.84. The minimum atomic E-state index is 0. The number of hydrogen-bond acceptors (Lipinski definition) is 0. The molecule has 0 amide bonds. The minimum absolute atomic E-state index is 0. The van der Waals surface area contributed by atoms with Gasteiger partial charge in [-0.2, -0.15) is 0 Å². The van der Waals surface area contributed by atoms with E-state index in [9.17, 15) is 0 Å². The summed E-state index contributed by atoms with van der Waals surface area (Å²) in [6, 6.07) is 0. The number of rotatable bonds is 2. The van der Waals surface area contributed by atoms with Crippen LogP contribution in [-0.2, 0) is 0 Å². The van der Waals surface area contributed by atoms with Crippen LogP contribution in [0.2, 0.25) is 0 Å². The van der Waals surface area contributed by atoms with Gasteiger partial charge in [0.15, 0.2) is 6.20 Å². The summed E-state index contributed by atoms with van der Waals surface area (Å²) in [7, 11) is 1.86. The molecule has 0 aliphatic rings. The van der Waals surface area contributed by atoms with Gasteiger partial charge in [0.25, 0.3) is 0 Å². The van der Waals surface area contributed by atoms with Crippen LogP contribution in [0, 0.1) is 0 Å². The summed E-state index contributed by atoms with van der Waals surface area (Å²) in [5, 5.41) is 0. The molecule has 0 bridgehead atoms. The van der Waals surface area contributed by atoms with Crippen LogP contribution < -0.4 is 0 Å². The van der Waals surface area contributed by atoms with Gasteiger partial charge in [0, 0.05) is 6.08 Å². The van der Waals surface area contributed by atoms with E-state index in [1.165, 1.54) is 0 Å². The van der Waals surface area contributed by atoms with Crippen LogP contribution in [0.15, 0.2) is 24.9 Å². The molecule has 1 nitrogen and oxygen atoms in total. The molecule has 0 spiro atoms. The van der Waals surface area contributed by atoms with E-state index >= 15 is 0 Å². The average Bonchev–Trinajstić information content (AvgIpc) is 1.61. The predicted molar refractivity (Wildman–Crippen MR) is 39.4 cm³/mol. The molecular formula is C7H14N+. The van der Waals surface area contributed by atoms with Gasteiger partial charge in [-0.25, -0.2) is 4.58 Å². The van der Waals surface area contributed by atoms with Gasteiger partial charge in [-0.1, -0.05) is 20.1 Å². The van der Waals surface area contributed by atoms with Crippen molar-refractivity contribution in [3.8, 4) is 0 Å². The molecule has 0 aromatic carbocycles. The first kappa shape index (κ1) is 10.2. The van der Waals surface area contributed by atoms with E-state index in [1.54, 1.807) is 10.7 Å². The summed E-state index contributed by atoms with van der Waals surface area (Å²) >= 11 is 0.